The van der Waals surface area contributed by atoms with Crippen molar-refractivity contribution in [2.75, 3.05) is 0 Å². The lowest BCUT2D eigenvalue weighted by Gasteiger charge is -2.22. The first-order valence-corrected chi connectivity index (χ1v) is 50.7. The van der Waals surface area contributed by atoms with Crippen molar-refractivity contribution < 1.29 is 27.2 Å². The topological polar surface area (TPSA) is 19.4 Å². The first-order chi connectivity index (χ1) is 64.9. The Labute approximate surface area is 797 Å². The van der Waals surface area contributed by atoms with Gasteiger partial charge in [-0.3, -0.25) is 0 Å². The standard InChI is InChI=1S/C31H32N.C26H26N.C24H27FN.C24H28N.C23H26N/c1-20-17-27-25-11-7-8-12-28(25)31(2,3)29(27)19-26(20)30-24-14-13-22(21-9-5-6-10-21)18-23(24)15-16-32(30)4;1-18-15-20-9-5-6-10-21(20)17-25(18)26-24-12-11-22(19-7-3-4-8-19)16-23(24)13-14-27(26)2;1-15-13-22(16(2)17(3)23(15)25)24-21-10-9-19(18-7-5-6-8-18)14-20(21)11-12-26(24)4;1-16-13-17(2)18(3)23(14-16)24-22-10-9-20(19-7-5-6-8-19)15-21(22)11-12-25(24)4;1-17-7-3-6-10-21(17)23-22-12-11-19(15-18-8-4-5-9-18)16-20(22)13-14-24(23)2/h7-8,11-19,21H,5-6,9-10H2,1-4H3;5-6,9-17,19H,3-4,7-8H2,1-2H3;9-14,18H,5-8H2,1-4H3;9-15,19H,5-8H2,1-4H3;3,6-7,10-14,16,18H,4-5,8-9,15H2,1-2H3/q5*+1. The SMILES string of the molecule is Cc1cc(-c2c3ccc(C4CCCC4)cc3cc[n+]2C)c(C)c(C)c1F.Cc1cc(C)c(C)c(-c2c3ccc(C4CCCC4)cc3cc[n+]2C)c1.Cc1cc2c(cc1-c1c3ccc(C4CCCC4)cc3cc[n+]1C)C(C)(C)c1ccccc1-2.Cc1cc2ccccc2cc1-c1c2ccc(C3CCCC3)cc2cc[n+]1C.Cc1ccccc1-c1c2ccc(CC3CCCC3)cc2cc[n+]1C. The molecule has 0 radical (unpaired) electrons. The lowest BCUT2D eigenvalue weighted by Crippen LogP contribution is -2.31. The van der Waals surface area contributed by atoms with E-state index < -0.39 is 0 Å². The summed E-state index contributed by atoms with van der Waals surface area (Å²) in [5.74, 6) is 3.81. The van der Waals surface area contributed by atoms with Crippen molar-refractivity contribution in [3.05, 3.63) is 362 Å². The lowest BCUT2D eigenvalue weighted by atomic mass is 9.81. The minimum absolute atomic E-state index is 0.0210. The summed E-state index contributed by atoms with van der Waals surface area (Å²) in [6.07, 6.45) is 39.6. The molecule has 0 unspecified atom stereocenters. The van der Waals surface area contributed by atoms with Crippen LogP contribution in [0.25, 0.3) is 132 Å². The van der Waals surface area contributed by atoms with Gasteiger partial charge in [0.05, 0.1) is 49.2 Å². The number of benzene rings is 12. The van der Waals surface area contributed by atoms with Crippen LogP contribution in [0.4, 0.5) is 4.39 Å². The molecule has 5 aromatic heterocycles. The molecule has 134 heavy (non-hydrogen) atoms. The third kappa shape index (κ3) is 18.1. The molecule has 5 heterocycles. The second-order valence-electron chi connectivity index (χ2n) is 41.7. The molecule has 23 rings (SSSR count). The van der Waals surface area contributed by atoms with E-state index in [1.54, 1.807) is 0 Å². The first-order valence-electron chi connectivity index (χ1n) is 50.7. The summed E-state index contributed by atoms with van der Waals surface area (Å²) >= 11 is 0. The zero-order valence-electron chi connectivity index (χ0n) is 82.8. The van der Waals surface area contributed by atoms with Crippen molar-refractivity contribution >= 4 is 64.6 Å². The fraction of sp³-hybridized carbons (Fsp3) is 0.336. The van der Waals surface area contributed by atoms with Gasteiger partial charge in [-0.2, -0.15) is 0 Å². The number of pyridine rings is 5. The quantitative estimate of drug-likeness (QED) is 0.115. The number of fused-ring (bicyclic) bond motifs is 9. The minimum atomic E-state index is -0.0855. The summed E-state index contributed by atoms with van der Waals surface area (Å²) in [6.45, 7) is 23.9. The summed E-state index contributed by atoms with van der Waals surface area (Å²) in [5.41, 5.74) is 36.8. The Bertz CT molecular complexity index is 7350. The highest BCUT2D eigenvalue weighted by molar-refractivity contribution is 6.00. The highest BCUT2D eigenvalue weighted by atomic mass is 19.1. The molecule has 0 N–H and O–H groups in total. The maximum Gasteiger partial charge on any atom is 0.220 e. The number of nitrogens with zero attached hydrogens (tertiary/aromatic N) is 5. The van der Waals surface area contributed by atoms with Crippen molar-refractivity contribution in [1.29, 1.82) is 0 Å². The van der Waals surface area contributed by atoms with Gasteiger partial charge in [0.2, 0.25) is 28.5 Å². The van der Waals surface area contributed by atoms with Crippen LogP contribution in [-0.2, 0) is 47.1 Å². The number of hydrogen-bond donors (Lipinski definition) is 0. The van der Waals surface area contributed by atoms with E-state index in [0.29, 0.717) is 11.5 Å². The van der Waals surface area contributed by atoms with Gasteiger partial charge in [0.25, 0.3) is 0 Å². The van der Waals surface area contributed by atoms with Crippen LogP contribution < -0.4 is 22.8 Å². The van der Waals surface area contributed by atoms with Crippen LogP contribution in [0.5, 0.6) is 0 Å². The smallest absolute Gasteiger partial charge is 0.206 e. The van der Waals surface area contributed by atoms with Crippen LogP contribution in [0, 0.1) is 74.0 Å². The monoisotopic (exact) mass is 1770 g/mol. The van der Waals surface area contributed by atoms with Crippen molar-refractivity contribution in [3.63, 3.8) is 0 Å². The zero-order valence-corrected chi connectivity index (χ0v) is 82.8. The van der Waals surface area contributed by atoms with E-state index >= 15 is 0 Å². The summed E-state index contributed by atoms with van der Waals surface area (Å²) < 4.78 is 25.6. The lowest BCUT2D eigenvalue weighted by molar-refractivity contribution is -0.659. The van der Waals surface area contributed by atoms with Crippen LogP contribution in [0.2, 0.25) is 0 Å². The molecule has 0 aliphatic heterocycles. The van der Waals surface area contributed by atoms with Gasteiger partial charge < -0.3 is 0 Å². The Morgan fingerprint density at radius 3 is 1.07 bits per heavy atom. The second kappa shape index (κ2) is 38.7. The van der Waals surface area contributed by atoms with Crippen LogP contribution in [0.3, 0.4) is 0 Å². The molecule has 5 fully saturated rings. The van der Waals surface area contributed by atoms with E-state index in [-0.39, 0.29) is 11.2 Å². The molecule has 6 heteroatoms. The Hall–Kier alpha value is -12.1. The predicted octanol–water partition coefficient (Wildman–Crippen LogP) is 31.4. The molecule has 0 amide bonds. The molecular weight excluding hydrogens is 1630 g/mol. The molecule has 6 aliphatic carbocycles. The molecule has 5 nitrogen and oxygen atoms in total. The maximum atomic E-state index is 14.3. The molecule has 12 aromatic carbocycles. The molecule has 0 bridgehead atoms. The van der Waals surface area contributed by atoms with E-state index in [4.69, 9.17) is 0 Å². The fourth-order valence-electron chi connectivity index (χ4n) is 24.5. The van der Waals surface area contributed by atoms with Crippen LogP contribution >= 0.6 is 0 Å². The highest BCUT2D eigenvalue weighted by Crippen LogP contribution is 2.52. The first kappa shape index (κ1) is 91.0. The molecule has 5 saturated carbocycles. The summed E-state index contributed by atoms with van der Waals surface area (Å²) in [4.78, 5) is 0. The second-order valence-corrected chi connectivity index (χ2v) is 41.7. The van der Waals surface area contributed by atoms with Crippen LogP contribution in [0.15, 0.2) is 268 Å². The third-order valence-electron chi connectivity index (χ3n) is 32.4. The van der Waals surface area contributed by atoms with Crippen LogP contribution in [-0.4, -0.2) is 0 Å². The molecule has 0 atom stereocenters. The Morgan fingerprint density at radius 2 is 0.619 bits per heavy atom. The average molecular weight is 1770 g/mol. The third-order valence-corrected chi connectivity index (χ3v) is 32.4. The Kier molecular flexibility index (Phi) is 26.3. The van der Waals surface area contributed by atoms with E-state index in [1.807, 2.05) is 26.8 Å². The predicted molar refractivity (Wildman–Crippen MR) is 561 cm³/mol. The Morgan fingerprint density at radius 1 is 0.261 bits per heavy atom. The van der Waals surface area contributed by atoms with Crippen molar-refractivity contribution in [2.24, 2.45) is 41.2 Å². The minimum Gasteiger partial charge on any atom is -0.206 e. The van der Waals surface area contributed by atoms with Gasteiger partial charge >= 0.3 is 0 Å². The molecular formula is C128H139FN5+5. The van der Waals surface area contributed by atoms with Crippen molar-refractivity contribution in [1.82, 2.24) is 0 Å². The Balaban J connectivity index is 0.000000108. The van der Waals surface area contributed by atoms with Gasteiger partial charge in [-0.1, -0.05) is 242 Å². The molecule has 0 saturated heterocycles. The molecule has 678 valence electrons. The van der Waals surface area contributed by atoms with Gasteiger partial charge in [-0.05, 0) is 343 Å². The summed E-state index contributed by atoms with van der Waals surface area (Å²) in [6, 6.07) is 89.3. The van der Waals surface area contributed by atoms with Crippen LogP contribution in [0.1, 0.15) is 255 Å². The van der Waals surface area contributed by atoms with Gasteiger partial charge in [0, 0.05) is 41.3 Å². The van der Waals surface area contributed by atoms with Gasteiger partial charge in [0.1, 0.15) is 41.1 Å². The van der Waals surface area contributed by atoms with E-state index in [2.05, 4.69) is 375 Å². The van der Waals surface area contributed by atoms with Gasteiger partial charge in [0.15, 0.2) is 31.0 Å². The zero-order chi connectivity index (χ0) is 92.9. The molecule has 17 aromatic rings. The normalized spacial score (nSPS) is 15.6. The summed E-state index contributed by atoms with van der Waals surface area (Å²) in [7, 11) is 10.7. The van der Waals surface area contributed by atoms with E-state index in [0.717, 1.165) is 40.4 Å². The average Bonchev–Trinajstić information content (AvgIpc) is 1.60. The highest BCUT2D eigenvalue weighted by Gasteiger charge is 2.38. The van der Waals surface area contributed by atoms with Crippen molar-refractivity contribution in [2.45, 2.75) is 240 Å². The van der Waals surface area contributed by atoms with Gasteiger partial charge in [-0.25, -0.2) is 27.2 Å². The largest absolute Gasteiger partial charge is 0.220 e. The molecule has 6 aliphatic rings. The van der Waals surface area contributed by atoms with Gasteiger partial charge in [-0.15, -0.1) is 0 Å². The number of aromatic nitrogens is 5. The number of aryl methyl sites for hydroxylation is 11. The number of halogens is 1. The van der Waals surface area contributed by atoms with E-state index in [1.165, 1.54) is 334 Å². The van der Waals surface area contributed by atoms with Crippen molar-refractivity contribution in [3.8, 4) is 67.4 Å². The number of rotatable bonds is 11. The molecule has 0 spiro atoms. The maximum absolute atomic E-state index is 14.3. The van der Waals surface area contributed by atoms with E-state index in [9.17, 15) is 4.39 Å². The summed E-state index contributed by atoms with van der Waals surface area (Å²) in [5, 5.41) is 16.0. The fourth-order valence-corrected chi connectivity index (χ4v) is 24.5. The number of hydrogen-bond acceptors (Lipinski definition) is 0.